The molecule has 0 saturated carbocycles. The first-order valence-electron chi connectivity index (χ1n) is 10.2. The minimum atomic E-state index is -0.928. The Labute approximate surface area is 180 Å². The molecule has 9 heteroatoms. The van der Waals surface area contributed by atoms with Crippen LogP contribution in [0.1, 0.15) is 41.9 Å². The number of ether oxygens (including phenoxy) is 1. The van der Waals surface area contributed by atoms with E-state index in [4.69, 9.17) is 15.9 Å². The highest BCUT2D eigenvalue weighted by Gasteiger charge is 2.24. The Balaban J connectivity index is 1.49. The third-order valence-electron chi connectivity index (χ3n) is 5.39. The van der Waals surface area contributed by atoms with Gasteiger partial charge in [-0.25, -0.2) is 9.18 Å². The quantitative estimate of drug-likeness (QED) is 0.483. The number of guanidine groups is 1. The lowest BCUT2D eigenvalue weighted by Crippen LogP contribution is -2.38. The van der Waals surface area contributed by atoms with Crippen LogP contribution in [0.25, 0.3) is 0 Å². The number of nitrogens with two attached hydrogens (primary N) is 1. The first-order chi connectivity index (χ1) is 14.9. The summed E-state index contributed by atoms with van der Waals surface area (Å²) in [4.78, 5) is 29.9. The number of aryl methyl sites for hydroxylation is 1. The first kappa shape index (κ1) is 22.2. The standard InChI is InChI=1S/C22H26FN5O3/c23-20-17(2-1-3-18(20)14-31-22(30)27-21(24)25)4-5-19(29)28-12-8-16(9-13-28)15-6-10-26-11-7-15/h1-3,6-7,10-11,16H,4-5,8-9,12-14H2,(H4,24,25,27,30). The molecule has 0 radical (unpaired) electrons. The van der Waals surface area contributed by atoms with Gasteiger partial charge in [0.05, 0.1) is 0 Å². The molecule has 1 aromatic carbocycles. The highest BCUT2D eigenvalue weighted by molar-refractivity contribution is 5.90. The molecule has 2 aromatic rings. The highest BCUT2D eigenvalue weighted by atomic mass is 19.1. The van der Waals surface area contributed by atoms with Crippen molar-refractivity contribution in [2.45, 2.75) is 38.2 Å². The van der Waals surface area contributed by atoms with E-state index in [0.717, 1.165) is 12.8 Å². The molecule has 3 rings (SSSR count). The van der Waals surface area contributed by atoms with Gasteiger partial charge in [0.15, 0.2) is 5.96 Å². The number of hydrogen-bond acceptors (Lipinski definition) is 5. The number of halogens is 1. The molecule has 1 fully saturated rings. The van der Waals surface area contributed by atoms with Crippen LogP contribution in [-0.2, 0) is 22.6 Å². The molecule has 0 unspecified atom stereocenters. The number of alkyl carbamates (subject to hydrolysis) is 1. The van der Waals surface area contributed by atoms with Crippen LogP contribution in [0.2, 0.25) is 0 Å². The van der Waals surface area contributed by atoms with E-state index < -0.39 is 17.9 Å². The lowest BCUT2D eigenvalue weighted by Gasteiger charge is -2.32. The molecule has 0 atom stereocenters. The monoisotopic (exact) mass is 427 g/mol. The first-order valence-corrected chi connectivity index (χ1v) is 10.2. The summed E-state index contributed by atoms with van der Waals surface area (Å²) in [6.07, 6.45) is 4.93. The van der Waals surface area contributed by atoms with Crippen molar-refractivity contribution in [3.8, 4) is 0 Å². The summed E-state index contributed by atoms with van der Waals surface area (Å²) in [5, 5.41) is 8.93. The van der Waals surface area contributed by atoms with Gasteiger partial charge in [0.2, 0.25) is 5.91 Å². The number of amides is 2. The molecule has 8 nitrogen and oxygen atoms in total. The van der Waals surface area contributed by atoms with Gasteiger partial charge in [-0.1, -0.05) is 18.2 Å². The van der Waals surface area contributed by atoms with Gasteiger partial charge in [0.1, 0.15) is 12.4 Å². The number of carbonyl (C=O) groups excluding carboxylic acids is 2. The molecule has 0 bridgehead atoms. The van der Waals surface area contributed by atoms with Crippen LogP contribution in [0.3, 0.4) is 0 Å². The number of nitrogens with one attached hydrogen (secondary N) is 2. The van der Waals surface area contributed by atoms with Crippen LogP contribution < -0.4 is 11.1 Å². The van der Waals surface area contributed by atoms with Crippen molar-refractivity contribution in [2.75, 3.05) is 13.1 Å². The lowest BCUT2D eigenvalue weighted by atomic mass is 9.90. The summed E-state index contributed by atoms with van der Waals surface area (Å²) in [6, 6.07) is 8.82. The van der Waals surface area contributed by atoms with Gasteiger partial charge in [-0.3, -0.25) is 20.5 Å². The SMILES string of the molecule is N=C(N)NC(=O)OCc1cccc(CCC(=O)N2CCC(c3ccncc3)CC2)c1F. The largest absolute Gasteiger partial charge is 0.444 e. The fourth-order valence-corrected chi connectivity index (χ4v) is 3.72. The van der Waals surface area contributed by atoms with Crippen molar-refractivity contribution in [2.24, 2.45) is 5.73 Å². The Kier molecular flexibility index (Phi) is 7.53. The summed E-state index contributed by atoms with van der Waals surface area (Å²) >= 11 is 0. The average molecular weight is 427 g/mol. The summed E-state index contributed by atoms with van der Waals surface area (Å²) < 4.78 is 19.6. The maximum atomic E-state index is 14.7. The second kappa shape index (κ2) is 10.5. The highest BCUT2D eigenvalue weighted by Crippen LogP contribution is 2.28. The molecule has 164 valence electrons. The van der Waals surface area contributed by atoms with Crippen LogP contribution in [0.15, 0.2) is 42.7 Å². The number of likely N-dealkylation sites (tertiary alicyclic amines) is 1. The van der Waals surface area contributed by atoms with Gasteiger partial charge in [0.25, 0.3) is 0 Å². The number of benzene rings is 1. The number of carbonyl (C=O) groups is 2. The van der Waals surface area contributed by atoms with Crippen LogP contribution in [0, 0.1) is 11.2 Å². The van der Waals surface area contributed by atoms with E-state index in [9.17, 15) is 14.0 Å². The van der Waals surface area contributed by atoms with Gasteiger partial charge in [-0.05, 0) is 48.4 Å². The predicted octanol–water partition coefficient (Wildman–Crippen LogP) is 2.68. The summed E-state index contributed by atoms with van der Waals surface area (Å²) in [5.41, 5.74) is 6.88. The third kappa shape index (κ3) is 6.24. The number of piperidine rings is 1. The second-order valence-electron chi connectivity index (χ2n) is 7.44. The lowest BCUT2D eigenvalue weighted by molar-refractivity contribution is -0.132. The molecule has 2 amide bonds. The van der Waals surface area contributed by atoms with Crippen molar-refractivity contribution < 1.29 is 18.7 Å². The molecule has 0 spiro atoms. The summed E-state index contributed by atoms with van der Waals surface area (Å²) in [6.45, 7) is 1.08. The maximum Gasteiger partial charge on any atom is 0.414 e. The number of nitrogens with zero attached hydrogens (tertiary/aromatic N) is 2. The van der Waals surface area contributed by atoms with Crippen LogP contribution in [0.4, 0.5) is 9.18 Å². The number of aromatic nitrogens is 1. The Morgan fingerprint density at radius 1 is 1.19 bits per heavy atom. The van der Waals surface area contributed by atoms with E-state index in [0.29, 0.717) is 24.6 Å². The third-order valence-corrected chi connectivity index (χ3v) is 5.39. The van der Waals surface area contributed by atoms with Gasteiger partial charge < -0.3 is 15.4 Å². The Hall–Kier alpha value is -3.49. The van der Waals surface area contributed by atoms with Gasteiger partial charge in [-0.15, -0.1) is 0 Å². The van der Waals surface area contributed by atoms with Crippen molar-refractivity contribution in [3.63, 3.8) is 0 Å². The molecule has 1 saturated heterocycles. The molecule has 2 heterocycles. The fraction of sp³-hybridized carbons (Fsp3) is 0.364. The molecule has 0 aliphatic carbocycles. The van der Waals surface area contributed by atoms with Crippen LogP contribution in [-0.4, -0.2) is 40.9 Å². The van der Waals surface area contributed by atoms with E-state index in [1.807, 2.05) is 22.3 Å². The Morgan fingerprint density at radius 3 is 2.55 bits per heavy atom. The second-order valence-corrected chi connectivity index (χ2v) is 7.44. The molecular weight excluding hydrogens is 401 g/mol. The molecule has 1 aliphatic rings. The molecule has 1 aliphatic heterocycles. The topological polar surface area (TPSA) is 121 Å². The smallest absolute Gasteiger partial charge is 0.414 e. The van der Waals surface area contributed by atoms with Gasteiger partial charge >= 0.3 is 6.09 Å². The van der Waals surface area contributed by atoms with Gasteiger partial charge in [-0.2, -0.15) is 0 Å². The molecule has 31 heavy (non-hydrogen) atoms. The zero-order valence-electron chi connectivity index (χ0n) is 17.1. The zero-order valence-corrected chi connectivity index (χ0v) is 17.1. The van der Waals surface area contributed by atoms with E-state index in [-0.39, 0.29) is 30.9 Å². The Morgan fingerprint density at radius 2 is 1.87 bits per heavy atom. The van der Waals surface area contributed by atoms with E-state index >= 15 is 0 Å². The van der Waals surface area contributed by atoms with Crippen LogP contribution in [0.5, 0.6) is 0 Å². The number of hydrogen-bond donors (Lipinski definition) is 3. The van der Waals surface area contributed by atoms with Crippen LogP contribution >= 0.6 is 0 Å². The van der Waals surface area contributed by atoms with E-state index in [2.05, 4.69) is 4.98 Å². The summed E-state index contributed by atoms with van der Waals surface area (Å²) in [5.74, 6) is -0.610. The van der Waals surface area contributed by atoms with Gasteiger partial charge in [0, 0.05) is 37.5 Å². The minimum Gasteiger partial charge on any atom is -0.444 e. The number of pyridine rings is 1. The fourth-order valence-electron chi connectivity index (χ4n) is 3.72. The predicted molar refractivity (Wildman–Crippen MR) is 113 cm³/mol. The van der Waals surface area contributed by atoms with E-state index in [1.165, 1.54) is 11.6 Å². The van der Waals surface area contributed by atoms with Crippen molar-refractivity contribution in [1.29, 1.82) is 5.41 Å². The minimum absolute atomic E-state index is 0.00932. The number of rotatable bonds is 6. The molecule has 4 N–H and O–H groups in total. The normalized spacial score (nSPS) is 14.2. The maximum absolute atomic E-state index is 14.7. The van der Waals surface area contributed by atoms with Crippen molar-refractivity contribution in [1.82, 2.24) is 15.2 Å². The average Bonchev–Trinajstić information content (AvgIpc) is 2.77. The molecule has 1 aromatic heterocycles. The molecular formula is C22H26FN5O3. The Bertz CT molecular complexity index is 930. The summed E-state index contributed by atoms with van der Waals surface area (Å²) in [7, 11) is 0. The van der Waals surface area contributed by atoms with Crippen molar-refractivity contribution >= 4 is 18.0 Å². The van der Waals surface area contributed by atoms with E-state index in [1.54, 1.807) is 24.5 Å². The zero-order chi connectivity index (χ0) is 22.2. The van der Waals surface area contributed by atoms with Crippen molar-refractivity contribution in [3.05, 3.63) is 65.2 Å².